The fourth-order valence-corrected chi connectivity index (χ4v) is 2.44. The summed E-state index contributed by atoms with van der Waals surface area (Å²) in [5.74, 6) is 0. The Morgan fingerprint density at radius 3 is 3.11 bits per heavy atom. The molecule has 1 aromatic carbocycles. The lowest BCUT2D eigenvalue weighted by Gasteiger charge is -2.18. The van der Waals surface area contributed by atoms with Crippen molar-refractivity contribution in [2.75, 3.05) is 25.9 Å². The molecule has 1 atom stereocenters. The highest BCUT2D eigenvalue weighted by atomic mass is 16.5. The maximum Gasteiger partial charge on any atom is 0.407 e. The maximum absolute atomic E-state index is 11.2. The summed E-state index contributed by atoms with van der Waals surface area (Å²) >= 11 is 0. The number of hydrogen-bond donors (Lipinski definition) is 2. The molecule has 1 aliphatic rings. The highest BCUT2D eigenvalue weighted by Gasteiger charge is 2.24. The van der Waals surface area contributed by atoms with Crippen molar-refractivity contribution < 1.29 is 9.53 Å². The van der Waals surface area contributed by atoms with Gasteiger partial charge in [-0.05, 0) is 30.5 Å². The molecule has 0 saturated carbocycles. The minimum Gasteiger partial charge on any atom is -0.453 e. The van der Waals surface area contributed by atoms with Crippen molar-refractivity contribution in [1.29, 1.82) is 0 Å². The van der Waals surface area contributed by atoms with E-state index in [0.29, 0.717) is 0 Å². The molecular weight excluding hydrogens is 242 g/mol. The van der Waals surface area contributed by atoms with Crippen molar-refractivity contribution in [3.05, 3.63) is 29.3 Å². The normalized spacial score (nSPS) is 19.4. The highest BCUT2D eigenvalue weighted by molar-refractivity contribution is 5.67. The molecule has 1 saturated heterocycles. The number of methoxy groups -OCH3 is 1. The quantitative estimate of drug-likeness (QED) is 0.811. The van der Waals surface area contributed by atoms with Crippen LogP contribution in [0.2, 0.25) is 0 Å². The van der Waals surface area contributed by atoms with Gasteiger partial charge in [-0.15, -0.1) is 0 Å². The molecule has 2 rings (SSSR count). The summed E-state index contributed by atoms with van der Waals surface area (Å²) in [5.41, 5.74) is 9.14. The molecule has 1 fully saturated rings. The van der Waals surface area contributed by atoms with Crippen LogP contribution in [-0.2, 0) is 11.3 Å². The van der Waals surface area contributed by atoms with Gasteiger partial charge < -0.3 is 15.8 Å². The van der Waals surface area contributed by atoms with Gasteiger partial charge in [0.05, 0.1) is 7.11 Å². The number of carbonyl (C=O) groups excluding carboxylic acids is 1. The van der Waals surface area contributed by atoms with Crippen LogP contribution in [0.3, 0.4) is 0 Å². The van der Waals surface area contributed by atoms with Crippen LogP contribution in [-0.4, -0.2) is 37.2 Å². The van der Waals surface area contributed by atoms with E-state index in [4.69, 9.17) is 5.73 Å². The number of carbonyl (C=O) groups is 1. The third kappa shape index (κ3) is 3.38. The lowest BCUT2D eigenvalue weighted by atomic mass is 10.1. The Labute approximate surface area is 113 Å². The molecule has 0 aromatic heterocycles. The van der Waals surface area contributed by atoms with E-state index in [1.165, 1.54) is 12.7 Å². The first-order valence-electron chi connectivity index (χ1n) is 6.51. The van der Waals surface area contributed by atoms with Crippen molar-refractivity contribution in [2.24, 2.45) is 0 Å². The zero-order valence-corrected chi connectivity index (χ0v) is 11.5. The van der Waals surface area contributed by atoms with E-state index in [9.17, 15) is 4.79 Å². The predicted octanol–water partition coefficient (Wildman–Crippen LogP) is 1.51. The summed E-state index contributed by atoms with van der Waals surface area (Å²) in [4.78, 5) is 13.5. The fraction of sp³-hybridized carbons (Fsp3) is 0.500. The van der Waals surface area contributed by atoms with Gasteiger partial charge in [0.25, 0.3) is 0 Å². The lowest BCUT2D eigenvalue weighted by Crippen LogP contribution is -2.36. The third-order valence-corrected chi connectivity index (χ3v) is 3.66. The van der Waals surface area contributed by atoms with Crippen LogP contribution < -0.4 is 11.1 Å². The van der Waals surface area contributed by atoms with E-state index < -0.39 is 0 Å². The number of amides is 1. The van der Waals surface area contributed by atoms with Gasteiger partial charge in [0.1, 0.15) is 0 Å². The number of ether oxygens (including phenoxy) is 1. The Morgan fingerprint density at radius 1 is 1.58 bits per heavy atom. The lowest BCUT2D eigenvalue weighted by molar-refractivity contribution is 0.166. The van der Waals surface area contributed by atoms with Crippen molar-refractivity contribution in [3.63, 3.8) is 0 Å². The van der Waals surface area contributed by atoms with Crippen molar-refractivity contribution >= 4 is 11.8 Å². The van der Waals surface area contributed by atoms with Crippen LogP contribution in [0, 0.1) is 6.92 Å². The van der Waals surface area contributed by atoms with Gasteiger partial charge in [-0.25, -0.2) is 4.79 Å². The number of hydrogen-bond acceptors (Lipinski definition) is 4. The van der Waals surface area contributed by atoms with Gasteiger partial charge in [-0.3, -0.25) is 4.90 Å². The number of nitrogens with two attached hydrogens (primary N) is 1. The van der Waals surface area contributed by atoms with Crippen molar-refractivity contribution in [1.82, 2.24) is 10.2 Å². The molecule has 1 unspecified atom stereocenters. The third-order valence-electron chi connectivity index (χ3n) is 3.66. The molecule has 1 aliphatic heterocycles. The van der Waals surface area contributed by atoms with Gasteiger partial charge in [-0.2, -0.15) is 0 Å². The van der Waals surface area contributed by atoms with Crippen LogP contribution in [0.4, 0.5) is 10.5 Å². The van der Waals surface area contributed by atoms with E-state index in [1.54, 1.807) is 0 Å². The monoisotopic (exact) mass is 263 g/mol. The molecule has 0 radical (unpaired) electrons. The first-order valence-corrected chi connectivity index (χ1v) is 6.51. The summed E-state index contributed by atoms with van der Waals surface area (Å²) in [6.07, 6.45) is 0.600. The van der Waals surface area contributed by atoms with Crippen LogP contribution in [0.15, 0.2) is 18.2 Å². The predicted molar refractivity (Wildman–Crippen MR) is 74.8 cm³/mol. The summed E-state index contributed by atoms with van der Waals surface area (Å²) in [6, 6.07) is 6.18. The van der Waals surface area contributed by atoms with Crippen LogP contribution in [0.1, 0.15) is 17.5 Å². The number of likely N-dealkylation sites (tertiary alicyclic amines) is 1. The Hall–Kier alpha value is -1.75. The van der Waals surface area contributed by atoms with E-state index in [2.05, 4.69) is 21.0 Å². The van der Waals surface area contributed by atoms with Gasteiger partial charge in [0.2, 0.25) is 0 Å². The summed E-state index contributed by atoms with van der Waals surface area (Å²) in [6.45, 7) is 4.74. The summed E-state index contributed by atoms with van der Waals surface area (Å²) in [5, 5.41) is 2.84. The Bertz CT molecular complexity index is 462. The van der Waals surface area contributed by atoms with E-state index in [1.807, 2.05) is 19.1 Å². The minimum atomic E-state index is -0.355. The number of alkyl carbamates (subject to hydrolysis) is 1. The molecule has 5 heteroatoms. The van der Waals surface area contributed by atoms with Gasteiger partial charge in [0.15, 0.2) is 0 Å². The highest BCUT2D eigenvalue weighted by Crippen LogP contribution is 2.19. The van der Waals surface area contributed by atoms with Gasteiger partial charge in [-0.1, -0.05) is 12.1 Å². The molecule has 0 bridgehead atoms. The standard InChI is InChI=1S/C14H21N3O2/c1-10-11(4-3-5-13(10)15)8-17-7-6-12(9-17)16-14(18)19-2/h3-5,12H,6-9,15H2,1-2H3,(H,16,18). The van der Waals surface area contributed by atoms with E-state index in [-0.39, 0.29) is 12.1 Å². The molecule has 3 N–H and O–H groups in total. The van der Waals surface area contributed by atoms with Crippen molar-refractivity contribution in [3.8, 4) is 0 Å². The second-order valence-electron chi connectivity index (χ2n) is 4.99. The molecular formula is C14H21N3O2. The van der Waals surface area contributed by atoms with Crippen LogP contribution in [0.5, 0.6) is 0 Å². The summed E-state index contributed by atoms with van der Waals surface area (Å²) < 4.78 is 4.62. The maximum atomic E-state index is 11.2. The number of rotatable bonds is 3. The number of anilines is 1. The fourth-order valence-electron chi connectivity index (χ4n) is 2.44. The zero-order chi connectivity index (χ0) is 13.8. The van der Waals surface area contributed by atoms with Gasteiger partial charge in [0, 0.05) is 31.4 Å². The first-order chi connectivity index (χ1) is 9.10. The molecule has 1 amide bonds. The van der Waals surface area contributed by atoms with E-state index >= 15 is 0 Å². The minimum absolute atomic E-state index is 0.175. The average molecular weight is 263 g/mol. The van der Waals surface area contributed by atoms with Crippen molar-refractivity contribution in [2.45, 2.75) is 25.9 Å². The number of benzene rings is 1. The largest absolute Gasteiger partial charge is 0.453 e. The second kappa shape index (κ2) is 5.93. The molecule has 104 valence electrons. The van der Waals surface area contributed by atoms with Crippen LogP contribution >= 0.6 is 0 Å². The average Bonchev–Trinajstić information content (AvgIpc) is 2.82. The molecule has 1 heterocycles. The van der Waals surface area contributed by atoms with Crippen LogP contribution in [0.25, 0.3) is 0 Å². The smallest absolute Gasteiger partial charge is 0.407 e. The van der Waals surface area contributed by atoms with Gasteiger partial charge >= 0.3 is 6.09 Å². The first kappa shape index (κ1) is 13.7. The number of nitrogens with one attached hydrogen (secondary N) is 1. The Morgan fingerprint density at radius 2 is 2.37 bits per heavy atom. The topological polar surface area (TPSA) is 67.6 Å². The Kier molecular flexibility index (Phi) is 4.27. The van der Waals surface area contributed by atoms with E-state index in [0.717, 1.165) is 37.3 Å². The summed E-state index contributed by atoms with van der Waals surface area (Å²) in [7, 11) is 1.39. The molecule has 19 heavy (non-hydrogen) atoms. The molecule has 5 nitrogen and oxygen atoms in total. The zero-order valence-electron chi connectivity index (χ0n) is 11.5. The molecule has 0 spiro atoms. The Balaban J connectivity index is 1.91. The number of nitrogens with zero attached hydrogens (tertiary/aromatic N) is 1. The SMILES string of the molecule is COC(=O)NC1CCN(Cc2cccc(N)c2C)C1. The molecule has 0 aliphatic carbocycles. The molecule has 1 aromatic rings. The number of nitrogen functional groups attached to an aromatic ring is 1. The second-order valence-corrected chi connectivity index (χ2v) is 4.99.